The van der Waals surface area contributed by atoms with E-state index >= 15 is 0 Å². The van der Waals surface area contributed by atoms with E-state index in [2.05, 4.69) is 10.2 Å². The van der Waals surface area contributed by atoms with Crippen LogP contribution in [0.25, 0.3) is 0 Å². The number of non-ortho nitro benzene ring substituents is 1. The number of nitrogens with zero attached hydrogens (tertiary/aromatic N) is 2. The van der Waals surface area contributed by atoms with E-state index in [4.69, 9.17) is 4.74 Å². The highest BCUT2D eigenvalue weighted by molar-refractivity contribution is 5.95. The maximum Gasteiger partial charge on any atom is 0.269 e. The Balaban J connectivity index is 1.65. The van der Waals surface area contributed by atoms with E-state index in [1.165, 1.54) is 0 Å². The average Bonchev–Trinajstić information content (AvgIpc) is 2.73. The van der Waals surface area contributed by atoms with Crippen LogP contribution in [0.4, 0.5) is 17.1 Å². The lowest BCUT2D eigenvalue weighted by molar-refractivity contribution is -0.384. The van der Waals surface area contributed by atoms with E-state index < -0.39 is 0 Å². The van der Waals surface area contributed by atoms with E-state index in [9.17, 15) is 14.9 Å². The summed E-state index contributed by atoms with van der Waals surface area (Å²) in [5.74, 6) is 0.279. The second-order valence-corrected chi connectivity index (χ2v) is 7.33. The number of methoxy groups -OCH3 is 1. The van der Waals surface area contributed by atoms with Gasteiger partial charge in [-0.2, -0.15) is 0 Å². The van der Waals surface area contributed by atoms with Crippen LogP contribution in [-0.4, -0.2) is 30.5 Å². The number of ether oxygens (including phenoxy) is 1. The van der Waals surface area contributed by atoms with Gasteiger partial charge in [0, 0.05) is 30.4 Å². The summed E-state index contributed by atoms with van der Waals surface area (Å²) in [4.78, 5) is 26.3. The van der Waals surface area contributed by atoms with Crippen molar-refractivity contribution in [3.05, 3.63) is 58.1 Å². The Morgan fingerprint density at radius 3 is 2.86 bits per heavy atom. The summed E-state index contributed by atoms with van der Waals surface area (Å²) in [6, 6.07) is 12.4. The Morgan fingerprint density at radius 2 is 2.07 bits per heavy atom. The molecule has 28 heavy (non-hydrogen) atoms. The molecule has 2 heterocycles. The molecule has 1 fully saturated rings. The molecule has 1 amide bonds. The molecular weight excluding hydrogens is 358 g/mol. The molecule has 0 aromatic heterocycles. The standard InChI is InChI=1S/C21H23N3O4/c1-28-20-8-3-2-6-17(20)22-21(25)16-13-14-12-15(24(26)27)9-10-18(14)23-11-5-4-7-19(16)23/h2-3,6,8-10,12,16,19H,4-5,7,11,13H2,1H3,(H,22,25)/t16-,19-/m1/s1. The minimum Gasteiger partial charge on any atom is -0.495 e. The molecule has 7 nitrogen and oxygen atoms in total. The summed E-state index contributed by atoms with van der Waals surface area (Å²) >= 11 is 0. The maximum atomic E-state index is 13.2. The highest BCUT2D eigenvalue weighted by Gasteiger charge is 2.40. The Hall–Kier alpha value is -3.09. The van der Waals surface area contributed by atoms with Crippen molar-refractivity contribution < 1.29 is 14.5 Å². The van der Waals surface area contributed by atoms with Gasteiger partial charge in [0.05, 0.1) is 23.6 Å². The van der Waals surface area contributed by atoms with E-state index in [0.717, 1.165) is 37.1 Å². The summed E-state index contributed by atoms with van der Waals surface area (Å²) in [6.45, 7) is 0.869. The zero-order valence-corrected chi connectivity index (χ0v) is 15.8. The lowest BCUT2D eigenvalue weighted by Gasteiger charge is -2.45. The molecule has 1 saturated heterocycles. The molecular formula is C21H23N3O4. The number of rotatable bonds is 4. The predicted octanol–water partition coefficient (Wildman–Crippen LogP) is 3.77. The fraction of sp³-hybridized carbons (Fsp3) is 0.381. The SMILES string of the molecule is COc1ccccc1NC(=O)[C@@H]1Cc2cc([N+](=O)[O-])ccc2N2CCCC[C@H]12. The second kappa shape index (κ2) is 7.50. The molecule has 146 valence electrons. The van der Waals surface area contributed by atoms with Gasteiger partial charge in [-0.25, -0.2) is 0 Å². The number of hydrogen-bond acceptors (Lipinski definition) is 5. The van der Waals surface area contributed by atoms with E-state index in [1.807, 2.05) is 30.3 Å². The van der Waals surface area contributed by atoms with E-state index in [-0.39, 0.29) is 28.5 Å². The van der Waals surface area contributed by atoms with Gasteiger partial charge in [0.2, 0.25) is 5.91 Å². The van der Waals surface area contributed by atoms with E-state index in [0.29, 0.717) is 17.9 Å². The molecule has 4 rings (SSSR count). The topological polar surface area (TPSA) is 84.7 Å². The minimum atomic E-state index is -0.382. The number of para-hydroxylation sites is 2. The van der Waals surface area contributed by atoms with Crippen LogP contribution in [-0.2, 0) is 11.2 Å². The number of carbonyl (C=O) groups is 1. The third kappa shape index (κ3) is 3.28. The molecule has 2 aliphatic heterocycles. The number of amides is 1. The molecule has 0 bridgehead atoms. The fourth-order valence-electron chi connectivity index (χ4n) is 4.42. The number of anilines is 2. The van der Waals surface area contributed by atoms with Crippen molar-refractivity contribution in [3.8, 4) is 5.75 Å². The Labute approximate surface area is 163 Å². The zero-order valence-electron chi connectivity index (χ0n) is 15.8. The van der Waals surface area contributed by atoms with Crippen molar-refractivity contribution in [2.75, 3.05) is 23.9 Å². The number of piperidine rings is 1. The first kappa shape index (κ1) is 18.3. The van der Waals surface area contributed by atoms with Gasteiger partial charge in [-0.1, -0.05) is 12.1 Å². The Bertz CT molecular complexity index is 914. The predicted molar refractivity (Wildman–Crippen MR) is 107 cm³/mol. The summed E-state index contributed by atoms with van der Waals surface area (Å²) in [5.41, 5.74) is 2.60. The normalized spacial score (nSPS) is 20.7. The number of carbonyl (C=O) groups excluding carboxylic acids is 1. The third-order valence-electron chi connectivity index (χ3n) is 5.74. The van der Waals surface area contributed by atoms with Crippen LogP contribution in [0.15, 0.2) is 42.5 Å². The van der Waals surface area contributed by atoms with Gasteiger partial charge in [-0.05, 0) is 49.4 Å². The van der Waals surface area contributed by atoms with Crippen LogP contribution in [0.3, 0.4) is 0 Å². The molecule has 0 aliphatic carbocycles. The Morgan fingerprint density at radius 1 is 1.25 bits per heavy atom. The maximum absolute atomic E-state index is 13.2. The number of nitrogens with one attached hydrogen (secondary N) is 1. The highest BCUT2D eigenvalue weighted by Crippen LogP contribution is 2.40. The van der Waals surface area contributed by atoms with E-state index in [1.54, 1.807) is 19.2 Å². The molecule has 1 N–H and O–H groups in total. The first-order valence-corrected chi connectivity index (χ1v) is 9.56. The zero-order chi connectivity index (χ0) is 19.7. The summed E-state index contributed by atoms with van der Waals surface area (Å²) in [7, 11) is 1.57. The van der Waals surface area contributed by atoms with Crippen molar-refractivity contribution in [2.24, 2.45) is 5.92 Å². The summed E-state index contributed by atoms with van der Waals surface area (Å²) in [6.07, 6.45) is 3.59. The molecule has 2 aliphatic rings. The number of hydrogen-bond donors (Lipinski definition) is 1. The van der Waals surface area contributed by atoms with Gasteiger partial charge >= 0.3 is 0 Å². The van der Waals surface area contributed by atoms with Crippen molar-refractivity contribution in [3.63, 3.8) is 0 Å². The van der Waals surface area contributed by atoms with Crippen LogP contribution in [0.5, 0.6) is 5.75 Å². The van der Waals surface area contributed by atoms with Crippen LogP contribution in [0.1, 0.15) is 24.8 Å². The quantitative estimate of drug-likeness (QED) is 0.644. The second-order valence-electron chi connectivity index (χ2n) is 7.33. The smallest absolute Gasteiger partial charge is 0.269 e. The lowest BCUT2D eigenvalue weighted by atomic mass is 9.80. The van der Waals surface area contributed by atoms with Gasteiger partial charge in [-0.3, -0.25) is 14.9 Å². The van der Waals surface area contributed by atoms with Crippen LogP contribution >= 0.6 is 0 Å². The monoisotopic (exact) mass is 381 g/mol. The molecule has 0 unspecified atom stereocenters. The third-order valence-corrected chi connectivity index (χ3v) is 5.74. The molecule has 2 atom stereocenters. The molecule has 2 aromatic rings. The molecule has 2 aromatic carbocycles. The van der Waals surface area contributed by atoms with Crippen LogP contribution in [0, 0.1) is 16.0 Å². The number of benzene rings is 2. The van der Waals surface area contributed by atoms with Crippen molar-refractivity contribution in [1.82, 2.24) is 0 Å². The average molecular weight is 381 g/mol. The van der Waals surface area contributed by atoms with Gasteiger partial charge in [0.25, 0.3) is 5.69 Å². The van der Waals surface area contributed by atoms with Gasteiger partial charge in [0.1, 0.15) is 5.75 Å². The lowest BCUT2D eigenvalue weighted by Crippen LogP contribution is -2.52. The van der Waals surface area contributed by atoms with Crippen molar-refractivity contribution in [2.45, 2.75) is 31.7 Å². The first-order valence-electron chi connectivity index (χ1n) is 9.56. The first-order chi connectivity index (χ1) is 13.6. The van der Waals surface area contributed by atoms with Gasteiger partial charge < -0.3 is 15.0 Å². The van der Waals surface area contributed by atoms with Crippen molar-refractivity contribution in [1.29, 1.82) is 0 Å². The number of nitro benzene ring substituents is 1. The fourth-order valence-corrected chi connectivity index (χ4v) is 4.42. The van der Waals surface area contributed by atoms with Crippen LogP contribution < -0.4 is 15.0 Å². The van der Waals surface area contributed by atoms with Gasteiger partial charge in [0.15, 0.2) is 0 Å². The summed E-state index contributed by atoms with van der Waals surface area (Å²) in [5, 5.41) is 14.2. The molecule has 0 spiro atoms. The van der Waals surface area contributed by atoms with Crippen molar-refractivity contribution >= 4 is 23.0 Å². The molecule has 0 radical (unpaired) electrons. The minimum absolute atomic E-state index is 0.0677. The molecule has 0 saturated carbocycles. The van der Waals surface area contributed by atoms with Gasteiger partial charge in [-0.15, -0.1) is 0 Å². The number of fused-ring (bicyclic) bond motifs is 3. The molecule has 7 heteroatoms. The summed E-state index contributed by atoms with van der Waals surface area (Å²) < 4.78 is 5.34. The van der Waals surface area contributed by atoms with Crippen LogP contribution in [0.2, 0.25) is 0 Å². The highest BCUT2D eigenvalue weighted by atomic mass is 16.6. The number of nitro groups is 1. The largest absolute Gasteiger partial charge is 0.495 e. The Kier molecular flexibility index (Phi) is 4.90.